The average molecular weight is 496 g/mol. The highest BCUT2D eigenvalue weighted by Gasteiger charge is 2.54. The van der Waals surface area contributed by atoms with Crippen LogP contribution in [0.25, 0.3) is 10.9 Å². The van der Waals surface area contributed by atoms with Gasteiger partial charge in [-0.15, -0.1) is 0 Å². The summed E-state index contributed by atoms with van der Waals surface area (Å²) in [5, 5.41) is 10.7. The fraction of sp³-hybridized carbons (Fsp3) is 0.630. The highest BCUT2D eigenvalue weighted by Crippen LogP contribution is 2.41. The van der Waals surface area contributed by atoms with Gasteiger partial charge in [-0.3, -0.25) is 4.79 Å². The third kappa shape index (κ3) is 4.46. The van der Waals surface area contributed by atoms with Gasteiger partial charge in [0, 0.05) is 24.0 Å². The second kappa shape index (κ2) is 9.51. The molecule has 8 nitrogen and oxygen atoms in total. The second-order valence-electron chi connectivity index (χ2n) is 11.3. The number of hydrogen-bond donors (Lipinski definition) is 1. The van der Waals surface area contributed by atoms with Crippen LogP contribution in [0.2, 0.25) is 0 Å². The number of morpholine rings is 1. The van der Waals surface area contributed by atoms with Gasteiger partial charge >= 0.3 is 13.1 Å². The van der Waals surface area contributed by atoms with Crippen molar-refractivity contribution in [1.29, 1.82) is 0 Å². The number of aromatic carboxylic acids is 1. The van der Waals surface area contributed by atoms with Gasteiger partial charge in [-0.05, 0) is 64.2 Å². The number of rotatable bonds is 5. The van der Waals surface area contributed by atoms with Crippen molar-refractivity contribution in [1.82, 2.24) is 9.47 Å². The smallest absolute Gasteiger partial charge is 0.478 e. The minimum absolute atomic E-state index is 0.0103. The van der Waals surface area contributed by atoms with E-state index in [9.17, 15) is 14.7 Å². The van der Waals surface area contributed by atoms with Crippen LogP contribution in [-0.2, 0) is 25.4 Å². The molecule has 0 bridgehead atoms. The van der Waals surface area contributed by atoms with E-state index in [-0.39, 0.29) is 18.0 Å². The zero-order valence-corrected chi connectivity index (χ0v) is 21.8. The summed E-state index contributed by atoms with van der Waals surface area (Å²) in [6, 6.07) is 5.28. The van der Waals surface area contributed by atoms with Gasteiger partial charge < -0.3 is 28.6 Å². The van der Waals surface area contributed by atoms with Crippen LogP contribution >= 0.6 is 0 Å². The third-order valence-electron chi connectivity index (χ3n) is 8.54. The van der Waals surface area contributed by atoms with Crippen LogP contribution < -0.4 is 5.59 Å². The molecule has 1 aromatic heterocycles. The summed E-state index contributed by atoms with van der Waals surface area (Å²) in [6.45, 7) is 10.4. The van der Waals surface area contributed by atoms with E-state index in [1.54, 1.807) is 12.1 Å². The third-order valence-corrected chi connectivity index (χ3v) is 8.54. The zero-order chi connectivity index (χ0) is 25.7. The van der Waals surface area contributed by atoms with E-state index in [2.05, 4.69) is 0 Å². The first-order valence-electron chi connectivity index (χ1n) is 13.2. The molecule has 194 valence electrons. The molecule has 3 aliphatic rings. The van der Waals surface area contributed by atoms with Crippen LogP contribution in [-0.4, -0.2) is 71.1 Å². The minimum Gasteiger partial charge on any atom is -0.478 e. The van der Waals surface area contributed by atoms with E-state index >= 15 is 0 Å². The van der Waals surface area contributed by atoms with Gasteiger partial charge in [0.15, 0.2) is 0 Å². The Kier molecular flexibility index (Phi) is 6.68. The fourth-order valence-corrected chi connectivity index (χ4v) is 5.78. The molecule has 1 N–H and O–H groups in total. The number of amides is 1. The Labute approximate surface area is 213 Å². The van der Waals surface area contributed by atoms with Gasteiger partial charge in [-0.2, -0.15) is 0 Å². The summed E-state index contributed by atoms with van der Waals surface area (Å²) in [6.07, 6.45) is 5.65. The molecule has 1 aromatic carbocycles. The number of hydrogen-bond acceptors (Lipinski definition) is 5. The molecule has 3 fully saturated rings. The quantitative estimate of drug-likeness (QED) is 0.637. The van der Waals surface area contributed by atoms with Gasteiger partial charge in [-0.25, -0.2) is 4.79 Å². The monoisotopic (exact) mass is 496 g/mol. The molecule has 9 heteroatoms. The first kappa shape index (κ1) is 25.3. The lowest BCUT2D eigenvalue weighted by Gasteiger charge is -2.32. The van der Waals surface area contributed by atoms with E-state index in [1.165, 1.54) is 6.42 Å². The van der Waals surface area contributed by atoms with E-state index in [4.69, 9.17) is 14.0 Å². The van der Waals surface area contributed by atoms with Crippen molar-refractivity contribution in [2.24, 2.45) is 0 Å². The lowest BCUT2D eigenvalue weighted by molar-refractivity contribution is -0.135. The molecule has 2 saturated heterocycles. The molecule has 0 atom stereocenters. The SMILES string of the molecule is CC1(C)OB(c2c(C3CCCCC3)c3ccc(C(=O)O)cc3n2CC(=O)N2CCOCC2)OC1(C)C. The number of aromatic nitrogens is 1. The Bertz CT molecular complexity index is 1140. The maximum absolute atomic E-state index is 13.5. The van der Waals surface area contributed by atoms with Crippen LogP contribution in [0.15, 0.2) is 18.2 Å². The van der Waals surface area contributed by atoms with Gasteiger partial charge in [0.05, 0.1) is 35.6 Å². The Hall–Kier alpha value is -2.36. The zero-order valence-electron chi connectivity index (χ0n) is 21.8. The van der Waals surface area contributed by atoms with Gasteiger partial charge in [0.2, 0.25) is 5.91 Å². The molecule has 1 amide bonds. The number of nitrogens with zero attached hydrogens (tertiary/aromatic N) is 2. The normalized spacial score (nSPS) is 22.3. The van der Waals surface area contributed by atoms with Crippen LogP contribution in [0, 0.1) is 0 Å². The highest BCUT2D eigenvalue weighted by molar-refractivity contribution is 6.62. The maximum atomic E-state index is 13.5. The predicted molar refractivity (Wildman–Crippen MR) is 138 cm³/mol. The van der Waals surface area contributed by atoms with E-state index in [0.29, 0.717) is 32.2 Å². The average Bonchev–Trinajstić information content (AvgIpc) is 3.28. The minimum atomic E-state index is -0.986. The first-order chi connectivity index (χ1) is 17.1. The van der Waals surface area contributed by atoms with Crippen molar-refractivity contribution in [3.63, 3.8) is 0 Å². The van der Waals surface area contributed by atoms with Crippen molar-refractivity contribution >= 4 is 35.5 Å². The molecule has 2 aromatic rings. The molecule has 36 heavy (non-hydrogen) atoms. The maximum Gasteiger partial charge on any atom is 0.512 e. The molecule has 1 aliphatic carbocycles. The van der Waals surface area contributed by atoms with Crippen LogP contribution in [0.5, 0.6) is 0 Å². The summed E-state index contributed by atoms with van der Waals surface area (Å²) in [7, 11) is -0.648. The Morgan fingerprint density at radius 2 is 1.67 bits per heavy atom. The van der Waals surface area contributed by atoms with Crippen molar-refractivity contribution in [3.8, 4) is 0 Å². The topological polar surface area (TPSA) is 90.2 Å². The number of carboxylic acids is 1. The number of carbonyl (C=O) groups is 2. The lowest BCUT2D eigenvalue weighted by atomic mass is 9.74. The van der Waals surface area contributed by atoms with E-state index in [1.807, 2.05) is 43.2 Å². The standard InChI is InChI=1S/C27H37BN2O6/c1-26(2)27(3,4)36-28(35-26)24-23(18-8-6-5-7-9-18)20-11-10-19(25(32)33)16-21(20)30(24)17-22(31)29-12-14-34-15-13-29/h10-11,16,18H,5-9,12-15,17H2,1-4H3,(H,32,33). The molecule has 3 heterocycles. The van der Waals surface area contributed by atoms with Gasteiger partial charge in [0.1, 0.15) is 6.54 Å². The van der Waals surface area contributed by atoms with Crippen LogP contribution in [0.1, 0.15) is 81.6 Å². The molecular formula is C27H37BN2O6. The van der Waals surface area contributed by atoms with Gasteiger partial charge in [0.25, 0.3) is 0 Å². The molecule has 2 aliphatic heterocycles. The van der Waals surface area contributed by atoms with Crippen LogP contribution in [0.4, 0.5) is 0 Å². The number of ether oxygens (including phenoxy) is 1. The van der Waals surface area contributed by atoms with Crippen molar-refractivity contribution in [3.05, 3.63) is 29.3 Å². The molecule has 0 unspecified atom stereocenters. The summed E-state index contributed by atoms with van der Waals surface area (Å²) in [5.74, 6) is -0.685. The fourth-order valence-electron chi connectivity index (χ4n) is 5.78. The Balaban J connectivity index is 1.69. The Morgan fingerprint density at radius 1 is 1.03 bits per heavy atom. The predicted octanol–water partition coefficient (Wildman–Crippen LogP) is 3.55. The number of fused-ring (bicyclic) bond motifs is 1. The largest absolute Gasteiger partial charge is 0.512 e. The van der Waals surface area contributed by atoms with Crippen LogP contribution in [0.3, 0.4) is 0 Å². The van der Waals surface area contributed by atoms with Crippen molar-refractivity contribution in [2.75, 3.05) is 26.3 Å². The number of carbonyl (C=O) groups excluding carboxylic acids is 1. The molecule has 5 rings (SSSR count). The summed E-state index contributed by atoms with van der Waals surface area (Å²) >= 11 is 0. The van der Waals surface area contributed by atoms with Gasteiger partial charge in [-0.1, -0.05) is 25.3 Å². The molecule has 0 spiro atoms. The molecule has 0 radical (unpaired) electrons. The van der Waals surface area contributed by atoms with E-state index < -0.39 is 24.3 Å². The summed E-state index contributed by atoms with van der Waals surface area (Å²) in [5.41, 5.74) is 1.89. The summed E-state index contributed by atoms with van der Waals surface area (Å²) in [4.78, 5) is 27.2. The first-order valence-corrected chi connectivity index (χ1v) is 13.2. The molecule has 1 saturated carbocycles. The number of benzene rings is 1. The lowest BCUT2D eigenvalue weighted by Crippen LogP contribution is -2.46. The summed E-state index contributed by atoms with van der Waals surface area (Å²) < 4.78 is 20.5. The second-order valence-corrected chi connectivity index (χ2v) is 11.3. The number of carboxylic acid groups (broad SMARTS) is 1. The Morgan fingerprint density at radius 3 is 2.28 bits per heavy atom. The van der Waals surface area contributed by atoms with Crippen molar-refractivity contribution < 1.29 is 28.7 Å². The molecular weight excluding hydrogens is 459 g/mol. The highest BCUT2D eigenvalue weighted by atomic mass is 16.7. The van der Waals surface area contributed by atoms with E-state index in [0.717, 1.165) is 47.7 Å². The van der Waals surface area contributed by atoms with Crippen molar-refractivity contribution in [2.45, 2.75) is 83.5 Å².